The van der Waals surface area contributed by atoms with Gasteiger partial charge in [0.1, 0.15) is 5.75 Å². The molecule has 0 saturated carbocycles. The summed E-state index contributed by atoms with van der Waals surface area (Å²) in [6, 6.07) is 9.98. The lowest BCUT2D eigenvalue weighted by Gasteiger charge is -2.04. The number of carboxylic acids is 1. The molecule has 0 radical (unpaired) electrons. The minimum Gasteiger partial charge on any atom is -0.478 e. The van der Waals surface area contributed by atoms with Crippen LogP contribution in [0.4, 0.5) is 0 Å². The lowest BCUT2D eigenvalue weighted by molar-refractivity contribution is -0.132. The number of nitrogens with zero attached hydrogens (tertiary/aromatic N) is 1. The lowest BCUT2D eigenvalue weighted by Crippen LogP contribution is -2.02. The Bertz CT molecular complexity index is 692. The molecule has 0 amide bonds. The smallest absolute Gasteiger partial charge is 0.336 e. The van der Waals surface area contributed by atoms with E-state index in [2.05, 4.69) is 4.98 Å². The van der Waals surface area contributed by atoms with Crippen LogP contribution in [0, 0.1) is 0 Å². The third kappa shape index (κ3) is 4.01. The second kappa shape index (κ2) is 6.47. The van der Waals surface area contributed by atoms with Crippen molar-refractivity contribution in [3.63, 3.8) is 0 Å². The van der Waals surface area contributed by atoms with Gasteiger partial charge in [0.05, 0.1) is 5.57 Å². The van der Waals surface area contributed by atoms with Crippen LogP contribution in [0.5, 0.6) is 5.75 Å². The number of pyridine rings is 1. The van der Waals surface area contributed by atoms with Crippen LogP contribution in [-0.2, 0) is 9.59 Å². The van der Waals surface area contributed by atoms with Gasteiger partial charge in [0.15, 0.2) is 0 Å². The zero-order chi connectivity index (χ0) is 15.2. The maximum atomic E-state index is 11.4. The van der Waals surface area contributed by atoms with Crippen LogP contribution < -0.4 is 4.74 Å². The molecule has 1 aromatic carbocycles. The molecular formula is C16H13NO4. The maximum absolute atomic E-state index is 11.4. The predicted molar refractivity (Wildman–Crippen MR) is 77.5 cm³/mol. The van der Waals surface area contributed by atoms with Gasteiger partial charge in [-0.1, -0.05) is 18.2 Å². The van der Waals surface area contributed by atoms with Crippen LogP contribution in [0.25, 0.3) is 11.6 Å². The summed E-state index contributed by atoms with van der Waals surface area (Å²) in [6.07, 6.45) is 4.56. The monoisotopic (exact) mass is 283 g/mol. The number of hydrogen-bond acceptors (Lipinski definition) is 4. The molecule has 2 rings (SSSR count). The van der Waals surface area contributed by atoms with Crippen molar-refractivity contribution in [2.24, 2.45) is 0 Å². The van der Waals surface area contributed by atoms with Crippen LogP contribution in [0.15, 0.2) is 48.8 Å². The van der Waals surface area contributed by atoms with Crippen molar-refractivity contribution >= 4 is 23.6 Å². The van der Waals surface area contributed by atoms with Crippen molar-refractivity contribution in [2.75, 3.05) is 0 Å². The summed E-state index contributed by atoms with van der Waals surface area (Å²) >= 11 is 0. The topological polar surface area (TPSA) is 76.5 Å². The van der Waals surface area contributed by atoms with E-state index in [0.717, 1.165) is 0 Å². The van der Waals surface area contributed by atoms with Gasteiger partial charge in [-0.25, -0.2) is 4.79 Å². The normalized spacial score (nSPS) is 11.0. The molecule has 106 valence electrons. The van der Waals surface area contributed by atoms with Crippen LogP contribution in [0.2, 0.25) is 0 Å². The second-order valence-electron chi connectivity index (χ2n) is 4.27. The number of carbonyl (C=O) groups is 2. The van der Waals surface area contributed by atoms with Gasteiger partial charge < -0.3 is 9.84 Å². The zero-order valence-corrected chi connectivity index (χ0v) is 11.3. The summed E-state index contributed by atoms with van der Waals surface area (Å²) in [5, 5.41) is 9.32. The van der Waals surface area contributed by atoms with Crippen LogP contribution in [0.3, 0.4) is 0 Å². The van der Waals surface area contributed by atoms with E-state index in [1.807, 2.05) is 0 Å². The Morgan fingerprint density at radius 1 is 1.24 bits per heavy atom. The highest BCUT2D eigenvalue weighted by Gasteiger charge is 2.10. The van der Waals surface area contributed by atoms with Crippen molar-refractivity contribution in [3.8, 4) is 5.75 Å². The van der Waals surface area contributed by atoms with Crippen LogP contribution in [0.1, 0.15) is 18.1 Å². The first kappa shape index (κ1) is 14.5. The molecule has 2 aromatic rings. The highest BCUT2D eigenvalue weighted by molar-refractivity contribution is 6.20. The summed E-state index contributed by atoms with van der Waals surface area (Å²) in [6.45, 7) is 1.31. The van der Waals surface area contributed by atoms with Crippen molar-refractivity contribution in [2.45, 2.75) is 6.92 Å². The highest BCUT2D eigenvalue weighted by atomic mass is 16.5. The van der Waals surface area contributed by atoms with Gasteiger partial charge >= 0.3 is 11.9 Å². The number of carboxylic acid groups (broad SMARTS) is 1. The van der Waals surface area contributed by atoms with E-state index < -0.39 is 11.9 Å². The van der Waals surface area contributed by atoms with E-state index in [1.54, 1.807) is 42.6 Å². The first-order valence-electron chi connectivity index (χ1n) is 6.20. The Labute approximate surface area is 121 Å². The Morgan fingerprint density at radius 2 is 2.05 bits per heavy atom. The zero-order valence-electron chi connectivity index (χ0n) is 11.3. The van der Waals surface area contributed by atoms with Crippen molar-refractivity contribution in [1.82, 2.24) is 4.98 Å². The number of ether oxygens (including phenoxy) is 1. The Hall–Kier alpha value is -2.95. The summed E-state index contributed by atoms with van der Waals surface area (Å²) in [7, 11) is 0. The van der Waals surface area contributed by atoms with Crippen molar-refractivity contribution in [3.05, 3.63) is 59.9 Å². The SMILES string of the molecule is CC(=O)Oc1cccc(/C=C(/C(=O)O)c2cccnc2)c1. The molecule has 0 unspecified atom stereocenters. The fraction of sp³-hybridized carbons (Fsp3) is 0.0625. The van der Waals surface area contributed by atoms with Gasteiger partial charge in [-0.15, -0.1) is 0 Å². The summed E-state index contributed by atoms with van der Waals surface area (Å²) in [5.74, 6) is -1.12. The lowest BCUT2D eigenvalue weighted by atomic mass is 10.0. The average molecular weight is 283 g/mol. The van der Waals surface area contributed by atoms with Gasteiger partial charge in [0, 0.05) is 24.9 Å². The fourth-order valence-electron chi connectivity index (χ4n) is 1.79. The Balaban J connectivity index is 2.39. The summed E-state index contributed by atoms with van der Waals surface area (Å²) in [4.78, 5) is 26.2. The molecule has 0 aliphatic rings. The molecule has 0 atom stereocenters. The van der Waals surface area contributed by atoms with E-state index in [-0.39, 0.29) is 5.57 Å². The molecular weight excluding hydrogens is 270 g/mol. The molecule has 1 heterocycles. The molecule has 1 N–H and O–H groups in total. The molecule has 21 heavy (non-hydrogen) atoms. The Morgan fingerprint density at radius 3 is 2.67 bits per heavy atom. The number of aliphatic carboxylic acids is 1. The molecule has 5 nitrogen and oxygen atoms in total. The molecule has 5 heteroatoms. The summed E-state index contributed by atoms with van der Waals surface area (Å²) in [5.41, 5.74) is 1.24. The van der Waals surface area contributed by atoms with E-state index >= 15 is 0 Å². The molecule has 0 spiro atoms. The number of hydrogen-bond donors (Lipinski definition) is 1. The standard InChI is InChI=1S/C16H13NO4/c1-11(18)21-14-6-2-4-12(8-14)9-15(16(19)20)13-5-3-7-17-10-13/h2-10H,1H3,(H,19,20)/b15-9+. The van der Waals surface area contributed by atoms with Crippen LogP contribution >= 0.6 is 0 Å². The Kier molecular flexibility index (Phi) is 4.46. The van der Waals surface area contributed by atoms with Crippen molar-refractivity contribution < 1.29 is 19.4 Å². The van der Waals surface area contributed by atoms with Gasteiger partial charge in [-0.3, -0.25) is 9.78 Å². The number of rotatable bonds is 4. The quantitative estimate of drug-likeness (QED) is 0.530. The third-order valence-corrected chi connectivity index (χ3v) is 2.63. The predicted octanol–water partition coefficient (Wildman–Crippen LogP) is 2.63. The molecule has 0 aliphatic heterocycles. The van der Waals surface area contributed by atoms with Gasteiger partial charge in [-0.2, -0.15) is 0 Å². The molecule has 0 bridgehead atoms. The minimum absolute atomic E-state index is 0.114. The number of benzene rings is 1. The molecule has 0 aliphatic carbocycles. The first-order chi connectivity index (χ1) is 10.1. The second-order valence-corrected chi connectivity index (χ2v) is 4.27. The van der Waals surface area contributed by atoms with Gasteiger partial charge in [0.25, 0.3) is 0 Å². The van der Waals surface area contributed by atoms with Crippen molar-refractivity contribution in [1.29, 1.82) is 0 Å². The van der Waals surface area contributed by atoms with E-state index in [9.17, 15) is 14.7 Å². The average Bonchev–Trinajstić information content (AvgIpc) is 2.45. The first-order valence-corrected chi connectivity index (χ1v) is 6.20. The van der Waals surface area contributed by atoms with E-state index in [4.69, 9.17) is 4.74 Å². The summed E-state index contributed by atoms with van der Waals surface area (Å²) < 4.78 is 4.97. The molecule has 0 saturated heterocycles. The van der Waals surface area contributed by atoms with Gasteiger partial charge in [-0.05, 0) is 29.8 Å². The van der Waals surface area contributed by atoms with Gasteiger partial charge in [0.2, 0.25) is 0 Å². The largest absolute Gasteiger partial charge is 0.478 e. The fourth-order valence-corrected chi connectivity index (χ4v) is 1.79. The highest BCUT2D eigenvalue weighted by Crippen LogP contribution is 2.21. The maximum Gasteiger partial charge on any atom is 0.336 e. The number of carbonyl (C=O) groups excluding carboxylic acids is 1. The van der Waals surface area contributed by atoms with E-state index in [0.29, 0.717) is 16.9 Å². The van der Waals surface area contributed by atoms with Crippen LogP contribution in [-0.4, -0.2) is 22.0 Å². The number of esters is 1. The minimum atomic E-state index is -1.05. The molecule has 1 aromatic heterocycles. The van der Waals surface area contributed by atoms with E-state index in [1.165, 1.54) is 19.2 Å². The number of aromatic nitrogens is 1. The third-order valence-electron chi connectivity index (χ3n) is 2.63. The molecule has 0 fully saturated rings.